The number of nitrogens with one attached hydrogen (secondary N) is 1. The van der Waals surface area contributed by atoms with E-state index in [0.717, 1.165) is 30.6 Å². The Labute approximate surface area is 96.0 Å². The number of hydrogen-bond acceptors (Lipinski definition) is 2. The molecule has 1 heterocycles. The highest BCUT2D eigenvalue weighted by Gasteiger charge is 2.38. The van der Waals surface area contributed by atoms with E-state index in [1.54, 1.807) is 6.92 Å². The van der Waals surface area contributed by atoms with Crippen LogP contribution in [0.15, 0.2) is 24.3 Å². The minimum absolute atomic E-state index is 0.0557. The average Bonchev–Trinajstić information content (AvgIpc) is 2.83. The maximum atomic E-state index is 14.9. The van der Waals surface area contributed by atoms with E-state index in [1.165, 1.54) is 0 Å². The van der Waals surface area contributed by atoms with E-state index in [4.69, 9.17) is 5.73 Å². The van der Waals surface area contributed by atoms with E-state index in [0.29, 0.717) is 6.54 Å². The molecule has 2 nitrogen and oxygen atoms in total. The summed E-state index contributed by atoms with van der Waals surface area (Å²) in [5, 5.41) is 3.21. The van der Waals surface area contributed by atoms with Gasteiger partial charge in [0.15, 0.2) is 0 Å². The highest BCUT2D eigenvalue weighted by Crippen LogP contribution is 2.38. The monoisotopic (exact) mass is 222 g/mol. The highest BCUT2D eigenvalue weighted by molar-refractivity contribution is 5.32. The third-order valence-corrected chi connectivity index (χ3v) is 3.59. The van der Waals surface area contributed by atoms with Gasteiger partial charge in [-0.05, 0) is 31.0 Å². The summed E-state index contributed by atoms with van der Waals surface area (Å²) in [7, 11) is 0. The molecule has 0 saturated carbocycles. The van der Waals surface area contributed by atoms with Crippen LogP contribution in [0.3, 0.4) is 0 Å². The number of benzene rings is 1. The van der Waals surface area contributed by atoms with Gasteiger partial charge in [-0.1, -0.05) is 24.3 Å². The van der Waals surface area contributed by atoms with Crippen LogP contribution in [0.25, 0.3) is 0 Å². The smallest absolute Gasteiger partial charge is 0.137 e. The molecule has 0 amide bonds. The molecule has 1 aliphatic rings. The lowest BCUT2D eigenvalue weighted by molar-refractivity contribution is 0.111. The molecule has 1 aromatic rings. The third-order valence-electron chi connectivity index (χ3n) is 3.59. The van der Waals surface area contributed by atoms with Crippen LogP contribution in [-0.4, -0.2) is 13.1 Å². The molecular formula is C13H19FN2. The summed E-state index contributed by atoms with van der Waals surface area (Å²) in [6.45, 7) is 3.75. The second-order valence-corrected chi connectivity index (χ2v) is 4.63. The van der Waals surface area contributed by atoms with E-state index in [1.807, 2.05) is 24.3 Å². The van der Waals surface area contributed by atoms with Crippen molar-refractivity contribution < 1.29 is 4.39 Å². The van der Waals surface area contributed by atoms with Crippen LogP contribution >= 0.6 is 0 Å². The van der Waals surface area contributed by atoms with Crippen molar-refractivity contribution in [2.75, 3.05) is 13.1 Å². The summed E-state index contributed by atoms with van der Waals surface area (Å²) in [6.07, 6.45) is 0.895. The molecule has 0 radical (unpaired) electrons. The Morgan fingerprint density at radius 3 is 2.88 bits per heavy atom. The van der Waals surface area contributed by atoms with Crippen molar-refractivity contribution in [3.63, 3.8) is 0 Å². The maximum Gasteiger partial charge on any atom is 0.137 e. The van der Waals surface area contributed by atoms with E-state index in [2.05, 4.69) is 5.32 Å². The Bertz CT molecular complexity index is 357. The molecule has 0 aromatic heterocycles. The van der Waals surface area contributed by atoms with Crippen LogP contribution in [0.5, 0.6) is 0 Å². The summed E-state index contributed by atoms with van der Waals surface area (Å²) in [6, 6.07) is 7.57. The lowest BCUT2D eigenvalue weighted by atomic mass is 9.81. The van der Waals surface area contributed by atoms with Crippen LogP contribution in [0, 0.1) is 5.92 Å². The molecule has 1 aliphatic heterocycles. The number of hydrogen-bond donors (Lipinski definition) is 2. The molecule has 3 heteroatoms. The molecule has 2 rings (SSSR count). The predicted octanol–water partition coefficient (Wildman–Crippen LogP) is 1.94. The van der Waals surface area contributed by atoms with Gasteiger partial charge in [0.05, 0.1) is 0 Å². The van der Waals surface area contributed by atoms with Gasteiger partial charge >= 0.3 is 0 Å². The molecule has 16 heavy (non-hydrogen) atoms. The Hall–Kier alpha value is -0.930. The summed E-state index contributed by atoms with van der Waals surface area (Å²) >= 11 is 0. The number of alkyl halides is 1. The van der Waals surface area contributed by atoms with Gasteiger partial charge in [0.25, 0.3) is 0 Å². The fraction of sp³-hybridized carbons (Fsp3) is 0.538. The van der Waals surface area contributed by atoms with Crippen LogP contribution in [0.4, 0.5) is 4.39 Å². The summed E-state index contributed by atoms with van der Waals surface area (Å²) in [5.41, 5.74) is 6.06. The van der Waals surface area contributed by atoms with Gasteiger partial charge < -0.3 is 11.1 Å². The number of rotatable bonds is 3. The van der Waals surface area contributed by atoms with Crippen molar-refractivity contribution in [3.8, 4) is 0 Å². The zero-order valence-corrected chi connectivity index (χ0v) is 9.67. The minimum atomic E-state index is -1.28. The van der Waals surface area contributed by atoms with Crippen molar-refractivity contribution in [1.29, 1.82) is 0 Å². The summed E-state index contributed by atoms with van der Waals surface area (Å²) < 4.78 is 14.9. The first-order valence-electron chi connectivity index (χ1n) is 5.84. The van der Waals surface area contributed by atoms with Crippen molar-refractivity contribution >= 4 is 0 Å². The van der Waals surface area contributed by atoms with Gasteiger partial charge in [0, 0.05) is 19.0 Å². The molecule has 1 fully saturated rings. The van der Waals surface area contributed by atoms with Gasteiger partial charge in [-0.3, -0.25) is 0 Å². The third kappa shape index (κ3) is 1.97. The van der Waals surface area contributed by atoms with Gasteiger partial charge in [-0.15, -0.1) is 0 Å². The predicted molar refractivity (Wildman–Crippen MR) is 63.8 cm³/mol. The number of halogens is 1. The average molecular weight is 222 g/mol. The van der Waals surface area contributed by atoms with Crippen molar-refractivity contribution in [1.82, 2.24) is 5.32 Å². The molecular weight excluding hydrogens is 203 g/mol. The molecule has 1 saturated heterocycles. The molecule has 1 aromatic carbocycles. The van der Waals surface area contributed by atoms with E-state index < -0.39 is 5.67 Å². The molecule has 0 aliphatic carbocycles. The largest absolute Gasteiger partial charge is 0.326 e. The van der Waals surface area contributed by atoms with Crippen molar-refractivity contribution in [2.24, 2.45) is 11.7 Å². The zero-order chi connectivity index (χ0) is 11.6. The van der Waals surface area contributed by atoms with Crippen LogP contribution < -0.4 is 11.1 Å². The van der Waals surface area contributed by atoms with Crippen LogP contribution in [0.1, 0.15) is 24.5 Å². The second kappa shape index (κ2) is 4.52. The molecule has 0 spiro atoms. The lowest BCUT2D eigenvalue weighted by Gasteiger charge is -2.29. The van der Waals surface area contributed by atoms with Gasteiger partial charge in [0.1, 0.15) is 5.67 Å². The fourth-order valence-electron chi connectivity index (χ4n) is 2.51. The van der Waals surface area contributed by atoms with Crippen LogP contribution in [0.2, 0.25) is 0 Å². The first kappa shape index (κ1) is 11.6. The first-order valence-corrected chi connectivity index (χ1v) is 5.84. The Morgan fingerprint density at radius 1 is 1.50 bits per heavy atom. The topological polar surface area (TPSA) is 38.0 Å². The quantitative estimate of drug-likeness (QED) is 0.820. The Kier molecular flexibility index (Phi) is 3.26. The van der Waals surface area contributed by atoms with Crippen molar-refractivity contribution in [3.05, 3.63) is 35.4 Å². The zero-order valence-electron chi connectivity index (χ0n) is 9.67. The van der Waals surface area contributed by atoms with Gasteiger partial charge in [-0.2, -0.15) is 0 Å². The Balaban J connectivity index is 2.33. The fourth-order valence-corrected chi connectivity index (χ4v) is 2.51. The SMILES string of the molecule is CC(F)(c1ccccc1CN)C1CCNC1. The van der Waals surface area contributed by atoms with Crippen molar-refractivity contribution in [2.45, 2.75) is 25.6 Å². The summed E-state index contributed by atoms with van der Waals surface area (Å²) in [4.78, 5) is 0. The molecule has 2 atom stereocenters. The number of nitrogens with two attached hydrogens (primary N) is 1. The first-order chi connectivity index (χ1) is 7.66. The molecule has 3 N–H and O–H groups in total. The highest BCUT2D eigenvalue weighted by atomic mass is 19.1. The Morgan fingerprint density at radius 2 is 2.25 bits per heavy atom. The van der Waals surface area contributed by atoms with Crippen LogP contribution in [-0.2, 0) is 12.2 Å². The van der Waals surface area contributed by atoms with E-state index in [-0.39, 0.29) is 5.92 Å². The minimum Gasteiger partial charge on any atom is -0.326 e. The molecule has 0 bridgehead atoms. The van der Waals surface area contributed by atoms with E-state index >= 15 is 0 Å². The lowest BCUT2D eigenvalue weighted by Crippen LogP contribution is -2.30. The standard InChI is InChI=1S/C13H19FN2/c1-13(14,11-6-7-16-9-11)12-5-3-2-4-10(12)8-15/h2-5,11,16H,6-9,15H2,1H3. The van der Waals surface area contributed by atoms with Gasteiger partial charge in [-0.25, -0.2) is 4.39 Å². The molecule has 2 unspecified atom stereocenters. The maximum absolute atomic E-state index is 14.9. The summed E-state index contributed by atoms with van der Waals surface area (Å²) in [5.74, 6) is 0.0557. The van der Waals surface area contributed by atoms with Gasteiger partial charge in [0.2, 0.25) is 0 Å². The van der Waals surface area contributed by atoms with E-state index in [9.17, 15) is 4.39 Å². The normalized spacial score (nSPS) is 24.3. The second-order valence-electron chi connectivity index (χ2n) is 4.63. The molecule has 88 valence electrons.